The standard InChI is InChI=1S/C24H28N2O3/c1-16(2)19-11-6-8-17(3)24(19)26-22(27)15-29-23(28)13-7-9-18-14-25-21-12-5-4-10-20(18)21/h4-6,8,10-12,14,16,25H,7,9,13,15H2,1-3H3,(H,26,27). The molecule has 2 N–H and O–H groups in total. The predicted molar refractivity (Wildman–Crippen MR) is 116 cm³/mol. The Kier molecular flexibility index (Phi) is 6.70. The van der Waals surface area contributed by atoms with Gasteiger partial charge in [-0.2, -0.15) is 0 Å². The van der Waals surface area contributed by atoms with Crippen LogP contribution < -0.4 is 5.32 Å². The van der Waals surface area contributed by atoms with Crippen molar-refractivity contribution in [1.82, 2.24) is 4.98 Å². The molecule has 152 valence electrons. The lowest BCUT2D eigenvalue weighted by Crippen LogP contribution is -2.22. The van der Waals surface area contributed by atoms with Gasteiger partial charge in [-0.15, -0.1) is 0 Å². The summed E-state index contributed by atoms with van der Waals surface area (Å²) in [4.78, 5) is 27.5. The van der Waals surface area contributed by atoms with Crippen LogP contribution in [0.2, 0.25) is 0 Å². The van der Waals surface area contributed by atoms with Gasteiger partial charge in [0.15, 0.2) is 6.61 Å². The maximum absolute atomic E-state index is 12.3. The summed E-state index contributed by atoms with van der Waals surface area (Å²) in [6.45, 7) is 5.85. The summed E-state index contributed by atoms with van der Waals surface area (Å²) in [6.07, 6.45) is 3.73. The Hall–Kier alpha value is -3.08. The molecule has 29 heavy (non-hydrogen) atoms. The summed E-state index contributed by atoms with van der Waals surface area (Å²) in [7, 11) is 0. The van der Waals surface area contributed by atoms with Crippen molar-refractivity contribution in [2.24, 2.45) is 0 Å². The van der Waals surface area contributed by atoms with Gasteiger partial charge >= 0.3 is 5.97 Å². The third kappa shape index (κ3) is 5.25. The largest absolute Gasteiger partial charge is 0.456 e. The summed E-state index contributed by atoms with van der Waals surface area (Å²) < 4.78 is 5.16. The van der Waals surface area contributed by atoms with Crippen molar-refractivity contribution < 1.29 is 14.3 Å². The average molecular weight is 392 g/mol. The quantitative estimate of drug-likeness (QED) is 0.524. The summed E-state index contributed by atoms with van der Waals surface area (Å²) in [5.74, 6) is -0.378. The number of hydrogen-bond donors (Lipinski definition) is 2. The molecule has 0 saturated carbocycles. The van der Waals surface area contributed by atoms with Crippen LogP contribution in [0.25, 0.3) is 10.9 Å². The third-order valence-corrected chi connectivity index (χ3v) is 5.06. The van der Waals surface area contributed by atoms with Crippen LogP contribution in [0.3, 0.4) is 0 Å². The van der Waals surface area contributed by atoms with Crippen molar-refractivity contribution in [3.8, 4) is 0 Å². The molecule has 0 aliphatic heterocycles. The number of fused-ring (bicyclic) bond motifs is 1. The van der Waals surface area contributed by atoms with E-state index in [9.17, 15) is 9.59 Å². The van der Waals surface area contributed by atoms with Crippen LogP contribution in [0.15, 0.2) is 48.7 Å². The second-order valence-electron chi connectivity index (χ2n) is 7.62. The van der Waals surface area contributed by atoms with Gasteiger partial charge < -0.3 is 15.0 Å². The van der Waals surface area contributed by atoms with Crippen molar-refractivity contribution in [1.29, 1.82) is 0 Å². The zero-order valence-electron chi connectivity index (χ0n) is 17.2. The van der Waals surface area contributed by atoms with Crippen LogP contribution in [0.4, 0.5) is 5.69 Å². The normalized spacial score (nSPS) is 11.0. The van der Waals surface area contributed by atoms with E-state index in [1.807, 2.05) is 49.5 Å². The van der Waals surface area contributed by atoms with Crippen molar-refractivity contribution in [2.75, 3.05) is 11.9 Å². The molecule has 3 aromatic rings. The van der Waals surface area contributed by atoms with Gasteiger partial charge in [-0.1, -0.05) is 50.2 Å². The van der Waals surface area contributed by atoms with Gasteiger partial charge in [0, 0.05) is 29.2 Å². The Bertz CT molecular complexity index is 1000. The topological polar surface area (TPSA) is 71.2 Å². The minimum Gasteiger partial charge on any atom is -0.456 e. The summed E-state index contributed by atoms with van der Waals surface area (Å²) >= 11 is 0. The number of anilines is 1. The Labute approximate surface area is 171 Å². The molecule has 2 aromatic carbocycles. The second-order valence-corrected chi connectivity index (χ2v) is 7.62. The molecular weight excluding hydrogens is 364 g/mol. The summed E-state index contributed by atoms with van der Waals surface area (Å²) in [6, 6.07) is 14.0. The Morgan fingerprint density at radius 2 is 1.90 bits per heavy atom. The zero-order valence-corrected chi connectivity index (χ0v) is 17.2. The molecule has 0 atom stereocenters. The average Bonchev–Trinajstić information content (AvgIpc) is 3.11. The van der Waals surface area contributed by atoms with Gasteiger partial charge in [0.1, 0.15) is 0 Å². The minimum atomic E-state index is -0.353. The third-order valence-electron chi connectivity index (χ3n) is 5.06. The molecule has 3 rings (SSSR count). The molecule has 0 spiro atoms. The highest BCUT2D eigenvalue weighted by atomic mass is 16.5. The molecule has 0 saturated heterocycles. The molecule has 0 radical (unpaired) electrons. The number of aromatic amines is 1. The minimum absolute atomic E-state index is 0.266. The fourth-order valence-electron chi connectivity index (χ4n) is 3.50. The van der Waals surface area contributed by atoms with E-state index in [2.05, 4.69) is 30.2 Å². The molecule has 0 unspecified atom stereocenters. The van der Waals surface area contributed by atoms with Crippen LogP contribution >= 0.6 is 0 Å². The number of ether oxygens (including phenoxy) is 1. The Morgan fingerprint density at radius 1 is 1.10 bits per heavy atom. The van der Waals surface area contributed by atoms with Crippen LogP contribution in [0, 0.1) is 6.92 Å². The second kappa shape index (κ2) is 9.41. The van der Waals surface area contributed by atoms with Crippen molar-refractivity contribution in [3.63, 3.8) is 0 Å². The molecular formula is C24H28N2O3. The highest BCUT2D eigenvalue weighted by molar-refractivity contribution is 5.94. The van der Waals surface area contributed by atoms with Crippen LogP contribution in [-0.2, 0) is 20.7 Å². The number of aromatic nitrogens is 1. The molecule has 0 bridgehead atoms. The maximum atomic E-state index is 12.3. The Morgan fingerprint density at radius 3 is 2.69 bits per heavy atom. The van der Waals surface area contributed by atoms with E-state index < -0.39 is 0 Å². The van der Waals surface area contributed by atoms with Crippen LogP contribution in [-0.4, -0.2) is 23.5 Å². The van der Waals surface area contributed by atoms with E-state index in [0.717, 1.165) is 28.8 Å². The monoisotopic (exact) mass is 392 g/mol. The zero-order chi connectivity index (χ0) is 20.8. The molecule has 1 amide bonds. The Balaban J connectivity index is 1.45. The number of amides is 1. The van der Waals surface area contributed by atoms with E-state index in [0.29, 0.717) is 6.42 Å². The van der Waals surface area contributed by atoms with E-state index in [1.54, 1.807) is 0 Å². The van der Waals surface area contributed by atoms with Gasteiger partial charge in [0.05, 0.1) is 0 Å². The first-order chi connectivity index (χ1) is 14.0. The van der Waals surface area contributed by atoms with Crippen LogP contribution in [0.5, 0.6) is 0 Å². The lowest BCUT2D eigenvalue weighted by atomic mass is 9.98. The summed E-state index contributed by atoms with van der Waals surface area (Å²) in [5, 5.41) is 4.07. The molecule has 0 fully saturated rings. The fraction of sp³-hybridized carbons (Fsp3) is 0.333. The number of rotatable bonds is 8. The van der Waals surface area contributed by atoms with Gasteiger partial charge in [0.2, 0.25) is 0 Å². The van der Waals surface area contributed by atoms with E-state index in [-0.39, 0.29) is 30.8 Å². The number of para-hydroxylation sites is 2. The van der Waals surface area contributed by atoms with Gasteiger partial charge in [0.25, 0.3) is 5.91 Å². The lowest BCUT2D eigenvalue weighted by molar-refractivity contribution is -0.147. The number of H-pyrrole nitrogens is 1. The first kappa shape index (κ1) is 20.6. The lowest BCUT2D eigenvalue weighted by Gasteiger charge is -2.16. The predicted octanol–water partition coefficient (Wildman–Crippen LogP) is 5.10. The number of nitrogens with one attached hydrogen (secondary N) is 2. The van der Waals surface area contributed by atoms with E-state index in [4.69, 9.17) is 4.74 Å². The fourth-order valence-corrected chi connectivity index (χ4v) is 3.50. The maximum Gasteiger partial charge on any atom is 0.306 e. The SMILES string of the molecule is Cc1cccc(C(C)C)c1NC(=O)COC(=O)CCCc1c[nH]c2ccccc12. The first-order valence-corrected chi connectivity index (χ1v) is 10.1. The number of esters is 1. The van der Waals surface area contributed by atoms with E-state index in [1.165, 1.54) is 10.9 Å². The van der Waals surface area contributed by atoms with Crippen molar-refractivity contribution in [3.05, 3.63) is 65.4 Å². The number of carbonyl (C=O) groups is 2. The summed E-state index contributed by atoms with van der Waals surface area (Å²) in [5.41, 5.74) is 5.16. The van der Waals surface area contributed by atoms with Gasteiger partial charge in [-0.3, -0.25) is 9.59 Å². The molecule has 5 heteroatoms. The van der Waals surface area contributed by atoms with E-state index >= 15 is 0 Å². The highest BCUT2D eigenvalue weighted by Crippen LogP contribution is 2.27. The number of hydrogen-bond acceptors (Lipinski definition) is 3. The smallest absolute Gasteiger partial charge is 0.306 e. The number of aryl methyl sites for hydroxylation is 2. The first-order valence-electron chi connectivity index (χ1n) is 10.1. The number of carbonyl (C=O) groups excluding carboxylic acids is 2. The van der Waals surface area contributed by atoms with Gasteiger partial charge in [-0.25, -0.2) is 0 Å². The molecule has 1 heterocycles. The molecule has 5 nitrogen and oxygen atoms in total. The van der Waals surface area contributed by atoms with Crippen molar-refractivity contribution in [2.45, 2.75) is 46.0 Å². The molecule has 1 aromatic heterocycles. The highest BCUT2D eigenvalue weighted by Gasteiger charge is 2.14. The number of benzene rings is 2. The van der Waals surface area contributed by atoms with Crippen LogP contribution in [0.1, 0.15) is 49.3 Å². The molecule has 0 aliphatic rings. The van der Waals surface area contributed by atoms with Crippen molar-refractivity contribution >= 4 is 28.5 Å². The molecule has 0 aliphatic carbocycles. The van der Waals surface area contributed by atoms with Gasteiger partial charge in [-0.05, 0) is 48.4 Å².